The summed E-state index contributed by atoms with van der Waals surface area (Å²) in [4.78, 5) is 16.0. The minimum Gasteiger partial charge on any atom is -0.494 e. The van der Waals surface area contributed by atoms with E-state index in [1.807, 2.05) is 49.4 Å². The zero-order chi connectivity index (χ0) is 20.5. The van der Waals surface area contributed by atoms with Gasteiger partial charge in [-0.3, -0.25) is 4.90 Å². The molecule has 0 unspecified atom stereocenters. The number of oxime groups is 1. The summed E-state index contributed by atoms with van der Waals surface area (Å²) in [6.07, 6.45) is 0. The Morgan fingerprint density at radius 1 is 1.13 bits per heavy atom. The highest BCUT2D eigenvalue weighted by atomic mass is 16.6. The van der Waals surface area contributed by atoms with E-state index in [9.17, 15) is 5.11 Å². The molecule has 2 aliphatic heterocycles. The molecule has 7 nitrogen and oxygen atoms in total. The fourth-order valence-corrected chi connectivity index (χ4v) is 4.14. The van der Waals surface area contributed by atoms with Gasteiger partial charge in [-0.2, -0.15) is 0 Å². The summed E-state index contributed by atoms with van der Waals surface area (Å²) in [7, 11) is 0. The summed E-state index contributed by atoms with van der Waals surface area (Å²) in [5.74, 6) is 0.0966. The first-order chi connectivity index (χ1) is 14.7. The number of para-hydroxylation sites is 2. The van der Waals surface area contributed by atoms with E-state index in [1.54, 1.807) is 0 Å². The maximum absolute atomic E-state index is 10.7. The third-order valence-corrected chi connectivity index (χ3v) is 5.74. The second-order valence-corrected chi connectivity index (χ2v) is 7.69. The van der Waals surface area contributed by atoms with Crippen LogP contribution in [-0.4, -0.2) is 65.7 Å². The van der Waals surface area contributed by atoms with Gasteiger partial charge in [-0.05, 0) is 18.6 Å². The van der Waals surface area contributed by atoms with Crippen molar-refractivity contribution in [3.05, 3.63) is 59.2 Å². The molecule has 5 rings (SSSR count). The number of aryl methyl sites for hydroxylation is 1. The molecule has 2 aliphatic rings. The van der Waals surface area contributed by atoms with Gasteiger partial charge in [0.25, 0.3) is 0 Å². The number of aromatic nitrogens is 1. The first-order valence-corrected chi connectivity index (χ1v) is 10.3. The van der Waals surface area contributed by atoms with Crippen LogP contribution in [0.2, 0.25) is 0 Å². The molecule has 0 bridgehead atoms. The van der Waals surface area contributed by atoms with E-state index >= 15 is 0 Å². The van der Waals surface area contributed by atoms with Crippen molar-refractivity contribution in [2.24, 2.45) is 10.1 Å². The van der Waals surface area contributed by atoms with Crippen molar-refractivity contribution in [3.63, 3.8) is 0 Å². The van der Waals surface area contributed by atoms with Crippen LogP contribution in [0.5, 0.6) is 5.88 Å². The number of nitrogens with one attached hydrogen (secondary N) is 2. The quantitative estimate of drug-likeness (QED) is 0.452. The third-order valence-electron chi connectivity index (χ3n) is 5.74. The minimum absolute atomic E-state index is 0.0966. The SMILES string of the molecule is Cc1cccc2c(C3=Nc4ccccc4/C3=N\OCCN3CCNCC3)c(O)[nH]c12. The van der Waals surface area contributed by atoms with Crippen LogP contribution >= 0.6 is 0 Å². The molecular weight excluding hydrogens is 378 g/mol. The number of H-pyrrole nitrogens is 1. The predicted octanol–water partition coefficient (Wildman–Crippen LogP) is 2.94. The Morgan fingerprint density at radius 3 is 2.83 bits per heavy atom. The summed E-state index contributed by atoms with van der Waals surface area (Å²) in [6, 6.07) is 13.8. The van der Waals surface area contributed by atoms with Gasteiger partial charge in [0, 0.05) is 43.7 Å². The van der Waals surface area contributed by atoms with Crippen LogP contribution in [0.1, 0.15) is 16.7 Å². The largest absolute Gasteiger partial charge is 0.494 e. The van der Waals surface area contributed by atoms with E-state index in [1.165, 1.54) is 0 Å². The molecule has 2 aromatic carbocycles. The minimum atomic E-state index is 0.0966. The van der Waals surface area contributed by atoms with Crippen molar-refractivity contribution in [1.29, 1.82) is 0 Å². The smallest absolute Gasteiger partial charge is 0.199 e. The van der Waals surface area contributed by atoms with Crippen LogP contribution in [0.3, 0.4) is 0 Å². The fraction of sp³-hybridized carbons (Fsp3) is 0.304. The lowest BCUT2D eigenvalue weighted by molar-refractivity contribution is 0.106. The topological polar surface area (TPSA) is 85.2 Å². The number of aromatic hydroxyl groups is 1. The highest BCUT2D eigenvalue weighted by Crippen LogP contribution is 2.36. The molecule has 1 saturated heterocycles. The highest BCUT2D eigenvalue weighted by Gasteiger charge is 2.29. The highest BCUT2D eigenvalue weighted by molar-refractivity contribution is 6.58. The van der Waals surface area contributed by atoms with Gasteiger partial charge in [0.1, 0.15) is 18.0 Å². The number of nitrogens with zero attached hydrogens (tertiary/aromatic N) is 3. The van der Waals surface area contributed by atoms with Crippen LogP contribution in [0, 0.1) is 6.92 Å². The Kier molecular flexibility index (Phi) is 4.98. The Labute approximate surface area is 175 Å². The Hall–Kier alpha value is -3.16. The first kappa shape index (κ1) is 18.8. The van der Waals surface area contributed by atoms with Gasteiger partial charge in [0.2, 0.25) is 0 Å². The lowest BCUT2D eigenvalue weighted by Crippen LogP contribution is -2.44. The molecule has 3 N–H and O–H groups in total. The standard InChI is InChI=1S/C23H25N5O2/c1-15-5-4-7-17-19(23(29)26-20(15)17)22-21(16-6-2-3-8-18(16)25-22)27-30-14-13-28-11-9-24-10-12-28/h2-8,24,26,29H,9-14H2,1H3/b27-21+. The molecule has 3 heterocycles. The van der Waals surface area contributed by atoms with Crippen molar-refractivity contribution < 1.29 is 9.94 Å². The summed E-state index contributed by atoms with van der Waals surface area (Å²) in [6.45, 7) is 7.44. The molecule has 0 radical (unpaired) electrons. The van der Waals surface area contributed by atoms with Gasteiger partial charge < -0.3 is 20.2 Å². The van der Waals surface area contributed by atoms with E-state index < -0.39 is 0 Å². The molecule has 0 atom stereocenters. The van der Waals surface area contributed by atoms with E-state index in [-0.39, 0.29) is 5.88 Å². The number of hydrogen-bond acceptors (Lipinski definition) is 6. The number of piperazine rings is 1. The summed E-state index contributed by atoms with van der Waals surface area (Å²) in [5.41, 5.74) is 5.67. The monoisotopic (exact) mass is 403 g/mol. The molecule has 0 saturated carbocycles. The molecule has 0 aliphatic carbocycles. The third kappa shape index (κ3) is 3.36. The van der Waals surface area contributed by atoms with Crippen molar-refractivity contribution in [3.8, 4) is 5.88 Å². The van der Waals surface area contributed by atoms with Crippen LogP contribution in [-0.2, 0) is 4.84 Å². The van der Waals surface area contributed by atoms with Crippen LogP contribution in [0.25, 0.3) is 10.9 Å². The average Bonchev–Trinajstić information content (AvgIpc) is 3.29. The lowest BCUT2D eigenvalue weighted by atomic mass is 10.0. The zero-order valence-corrected chi connectivity index (χ0v) is 17.0. The number of benzene rings is 2. The number of hydrogen-bond donors (Lipinski definition) is 3. The Balaban J connectivity index is 1.47. The molecule has 1 aromatic heterocycles. The van der Waals surface area contributed by atoms with E-state index in [0.717, 1.165) is 60.4 Å². The first-order valence-electron chi connectivity index (χ1n) is 10.3. The molecule has 30 heavy (non-hydrogen) atoms. The van der Waals surface area contributed by atoms with Crippen LogP contribution < -0.4 is 5.32 Å². The van der Waals surface area contributed by atoms with Crippen molar-refractivity contribution >= 4 is 28.0 Å². The molecule has 0 spiro atoms. The molecule has 3 aromatic rings. The fourth-order valence-electron chi connectivity index (χ4n) is 4.14. The van der Waals surface area contributed by atoms with Crippen molar-refractivity contribution in [1.82, 2.24) is 15.2 Å². The second kappa shape index (κ2) is 7.93. The zero-order valence-electron chi connectivity index (χ0n) is 17.0. The lowest BCUT2D eigenvalue weighted by Gasteiger charge is -2.26. The Morgan fingerprint density at radius 2 is 1.97 bits per heavy atom. The normalized spacial score (nSPS) is 18.0. The summed E-state index contributed by atoms with van der Waals surface area (Å²) < 4.78 is 0. The van der Waals surface area contributed by atoms with E-state index in [2.05, 4.69) is 20.4 Å². The molecule has 0 amide bonds. The molecule has 154 valence electrons. The number of rotatable bonds is 5. The second-order valence-electron chi connectivity index (χ2n) is 7.69. The van der Waals surface area contributed by atoms with Gasteiger partial charge in [0.15, 0.2) is 5.88 Å². The van der Waals surface area contributed by atoms with Gasteiger partial charge in [-0.15, -0.1) is 0 Å². The van der Waals surface area contributed by atoms with E-state index in [4.69, 9.17) is 9.83 Å². The molecule has 7 heteroatoms. The Bertz CT molecular complexity index is 1140. The average molecular weight is 403 g/mol. The number of fused-ring (bicyclic) bond motifs is 2. The van der Waals surface area contributed by atoms with Gasteiger partial charge >= 0.3 is 0 Å². The van der Waals surface area contributed by atoms with Crippen LogP contribution in [0.15, 0.2) is 52.6 Å². The van der Waals surface area contributed by atoms with Gasteiger partial charge in [-0.25, -0.2) is 4.99 Å². The van der Waals surface area contributed by atoms with Crippen LogP contribution in [0.4, 0.5) is 5.69 Å². The summed E-state index contributed by atoms with van der Waals surface area (Å²) in [5, 5.41) is 19.5. The predicted molar refractivity (Wildman–Crippen MR) is 119 cm³/mol. The number of aliphatic imine (C=N–C) groups is 1. The molecule has 1 fully saturated rings. The maximum Gasteiger partial charge on any atom is 0.199 e. The van der Waals surface area contributed by atoms with E-state index in [0.29, 0.717) is 23.6 Å². The van der Waals surface area contributed by atoms with Gasteiger partial charge in [0.05, 0.1) is 16.8 Å². The summed E-state index contributed by atoms with van der Waals surface area (Å²) >= 11 is 0. The van der Waals surface area contributed by atoms with Crippen molar-refractivity contribution in [2.45, 2.75) is 6.92 Å². The number of aromatic amines is 1. The molecular formula is C23H25N5O2. The van der Waals surface area contributed by atoms with Gasteiger partial charge in [-0.1, -0.05) is 41.6 Å². The van der Waals surface area contributed by atoms with Crippen molar-refractivity contribution in [2.75, 3.05) is 39.3 Å². The maximum atomic E-state index is 10.7.